The van der Waals surface area contributed by atoms with Crippen LogP contribution in [0.25, 0.3) is 10.9 Å². The first kappa shape index (κ1) is 8.41. The topological polar surface area (TPSA) is 34.5 Å². The number of fused-ring (bicyclic) bond motifs is 1. The molecule has 2 aromatic rings. The Bertz CT molecular complexity index is 529. The zero-order valence-corrected chi connectivity index (χ0v) is 8.18. The molecule has 0 spiro atoms. The highest BCUT2D eigenvalue weighted by molar-refractivity contribution is 6.06. The number of nitrogens with zero attached hydrogens (tertiary/aromatic N) is 2. The largest absolute Gasteiger partial charge is 0.475 e. The Hall–Kier alpha value is -1.90. The number of pyridine rings is 1. The van der Waals surface area contributed by atoms with Crippen LogP contribution in [0.1, 0.15) is 5.56 Å². The van der Waals surface area contributed by atoms with Crippen molar-refractivity contribution in [3.8, 4) is 0 Å². The van der Waals surface area contributed by atoms with Crippen LogP contribution in [0.3, 0.4) is 0 Å². The molecule has 0 unspecified atom stereocenters. The van der Waals surface area contributed by atoms with Gasteiger partial charge in [-0.25, -0.2) is 4.99 Å². The maximum Gasteiger partial charge on any atom is 0.216 e. The van der Waals surface area contributed by atoms with Crippen LogP contribution in [0.5, 0.6) is 0 Å². The average molecular weight is 198 g/mol. The minimum atomic E-state index is 0.686. The molecule has 0 bridgehead atoms. The lowest BCUT2D eigenvalue weighted by molar-refractivity contribution is 0.348. The van der Waals surface area contributed by atoms with Gasteiger partial charge in [0.05, 0.1) is 12.1 Å². The van der Waals surface area contributed by atoms with Gasteiger partial charge in [-0.15, -0.1) is 0 Å². The number of aromatic nitrogens is 1. The van der Waals surface area contributed by atoms with Crippen molar-refractivity contribution in [1.29, 1.82) is 0 Å². The van der Waals surface area contributed by atoms with E-state index in [-0.39, 0.29) is 0 Å². The lowest BCUT2D eigenvalue weighted by Gasteiger charge is -2.05. The second kappa shape index (κ2) is 3.35. The molecule has 1 aliphatic rings. The predicted octanol–water partition coefficient (Wildman–Crippen LogP) is 2.01. The lowest BCUT2D eigenvalue weighted by atomic mass is 10.1. The molecular weight excluding hydrogens is 188 g/mol. The number of ether oxygens (including phenoxy) is 1. The van der Waals surface area contributed by atoms with E-state index in [0.29, 0.717) is 6.61 Å². The Kier molecular flexibility index (Phi) is 1.88. The van der Waals surface area contributed by atoms with Crippen LogP contribution in [0.2, 0.25) is 0 Å². The first-order chi connectivity index (χ1) is 7.45. The van der Waals surface area contributed by atoms with Crippen LogP contribution in [-0.4, -0.2) is 24.0 Å². The first-order valence-electron chi connectivity index (χ1n) is 4.96. The molecule has 0 saturated carbocycles. The molecule has 0 amide bonds. The summed E-state index contributed by atoms with van der Waals surface area (Å²) in [6, 6.07) is 9.97. The van der Waals surface area contributed by atoms with E-state index in [4.69, 9.17) is 4.74 Å². The quantitative estimate of drug-likeness (QED) is 0.702. The minimum absolute atomic E-state index is 0.686. The summed E-state index contributed by atoms with van der Waals surface area (Å²) in [5, 5.41) is 1.10. The number of hydrogen-bond donors (Lipinski definition) is 0. The monoisotopic (exact) mass is 198 g/mol. The van der Waals surface area contributed by atoms with Crippen LogP contribution in [0.4, 0.5) is 0 Å². The Morgan fingerprint density at radius 1 is 1.13 bits per heavy atom. The van der Waals surface area contributed by atoms with Crippen molar-refractivity contribution < 1.29 is 4.74 Å². The van der Waals surface area contributed by atoms with Crippen LogP contribution in [-0.2, 0) is 4.74 Å². The molecule has 0 saturated heterocycles. The standard InChI is InChI=1S/C12H10N2O/c1-3-10(12-14-7-8-15-12)9-4-2-6-13-11(9)5-1/h1-6H,7-8H2. The Morgan fingerprint density at radius 3 is 3.00 bits per heavy atom. The van der Waals surface area contributed by atoms with E-state index in [1.54, 1.807) is 6.20 Å². The molecule has 3 heteroatoms. The highest BCUT2D eigenvalue weighted by Gasteiger charge is 2.12. The summed E-state index contributed by atoms with van der Waals surface area (Å²) in [6.07, 6.45) is 1.80. The molecule has 74 valence electrons. The molecule has 3 nitrogen and oxygen atoms in total. The molecule has 0 atom stereocenters. The number of aliphatic imine (C=N–C) groups is 1. The summed E-state index contributed by atoms with van der Waals surface area (Å²) < 4.78 is 5.47. The van der Waals surface area contributed by atoms with E-state index < -0.39 is 0 Å². The van der Waals surface area contributed by atoms with E-state index in [2.05, 4.69) is 9.98 Å². The van der Waals surface area contributed by atoms with E-state index in [9.17, 15) is 0 Å². The van der Waals surface area contributed by atoms with E-state index in [1.807, 2.05) is 30.3 Å². The van der Waals surface area contributed by atoms with Gasteiger partial charge in [0.15, 0.2) is 0 Å². The van der Waals surface area contributed by atoms with Crippen molar-refractivity contribution in [2.24, 2.45) is 4.99 Å². The molecule has 1 aromatic carbocycles. The van der Waals surface area contributed by atoms with Gasteiger partial charge in [-0.05, 0) is 18.2 Å². The molecule has 0 radical (unpaired) electrons. The van der Waals surface area contributed by atoms with Crippen molar-refractivity contribution in [3.05, 3.63) is 42.1 Å². The van der Waals surface area contributed by atoms with E-state index in [0.717, 1.165) is 28.9 Å². The SMILES string of the molecule is c1cc(C2=NCCO2)c2cccnc2c1. The lowest BCUT2D eigenvalue weighted by Crippen LogP contribution is -2.01. The van der Waals surface area contributed by atoms with Crippen molar-refractivity contribution in [1.82, 2.24) is 4.98 Å². The summed E-state index contributed by atoms with van der Waals surface area (Å²) in [7, 11) is 0. The molecular formula is C12H10N2O. The summed E-state index contributed by atoms with van der Waals surface area (Å²) >= 11 is 0. The van der Waals surface area contributed by atoms with E-state index >= 15 is 0 Å². The summed E-state index contributed by atoms with van der Waals surface area (Å²) in [4.78, 5) is 8.63. The highest BCUT2D eigenvalue weighted by Crippen LogP contribution is 2.19. The van der Waals surface area contributed by atoms with Gasteiger partial charge in [0, 0.05) is 17.1 Å². The summed E-state index contributed by atoms with van der Waals surface area (Å²) in [5.74, 6) is 0.744. The van der Waals surface area contributed by atoms with Crippen LogP contribution < -0.4 is 0 Å². The normalized spacial score (nSPS) is 15.1. The molecule has 0 fully saturated rings. The van der Waals surface area contributed by atoms with Gasteiger partial charge >= 0.3 is 0 Å². The molecule has 1 aromatic heterocycles. The Morgan fingerprint density at radius 2 is 2.13 bits per heavy atom. The summed E-state index contributed by atoms with van der Waals surface area (Å²) in [5.41, 5.74) is 2.02. The smallest absolute Gasteiger partial charge is 0.216 e. The maximum absolute atomic E-state index is 5.47. The second-order valence-electron chi connectivity index (χ2n) is 3.41. The van der Waals surface area contributed by atoms with Crippen LogP contribution >= 0.6 is 0 Å². The zero-order valence-electron chi connectivity index (χ0n) is 8.18. The van der Waals surface area contributed by atoms with Gasteiger partial charge in [0.25, 0.3) is 0 Å². The molecule has 3 rings (SSSR count). The summed E-state index contributed by atoms with van der Waals surface area (Å²) in [6.45, 7) is 1.44. The highest BCUT2D eigenvalue weighted by atomic mass is 16.5. The van der Waals surface area contributed by atoms with Crippen molar-refractivity contribution >= 4 is 16.8 Å². The van der Waals surface area contributed by atoms with Gasteiger partial charge in [0.2, 0.25) is 5.90 Å². The van der Waals surface area contributed by atoms with Crippen molar-refractivity contribution in [2.45, 2.75) is 0 Å². The number of rotatable bonds is 1. The van der Waals surface area contributed by atoms with E-state index in [1.165, 1.54) is 0 Å². The zero-order chi connectivity index (χ0) is 10.1. The average Bonchev–Trinajstić information content (AvgIpc) is 2.82. The van der Waals surface area contributed by atoms with Gasteiger partial charge in [-0.2, -0.15) is 0 Å². The second-order valence-corrected chi connectivity index (χ2v) is 3.41. The molecule has 0 aliphatic carbocycles. The van der Waals surface area contributed by atoms with Crippen molar-refractivity contribution in [2.75, 3.05) is 13.2 Å². The van der Waals surface area contributed by atoms with Crippen molar-refractivity contribution in [3.63, 3.8) is 0 Å². The van der Waals surface area contributed by atoms with Gasteiger partial charge < -0.3 is 4.74 Å². The van der Waals surface area contributed by atoms with Crippen LogP contribution in [0, 0.1) is 0 Å². The van der Waals surface area contributed by atoms with Gasteiger partial charge in [-0.3, -0.25) is 4.98 Å². The first-order valence-corrected chi connectivity index (χ1v) is 4.96. The minimum Gasteiger partial charge on any atom is -0.475 e. The molecule has 1 aliphatic heterocycles. The molecule has 2 heterocycles. The number of hydrogen-bond acceptors (Lipinski definition) is 3. The fourth-order valence-electron chi connectivity index (χ4n) is 1.79. The third-order valence-corrected chi connectivity index (χ3v) is 2.46. The third kappa shape index (κ3) is 1.36. The fourth-order valence-corrected chi connectivity index (χ4v) is 1.79. The predicted molar refractivity (Wildman–Crippen MR) is 59.1 cm³/mol. The molecule has 0 N–H and O–H groups in total. The third-order valence-electron chi connectivity index (χ3n) is 2.46. The fraction of sp³-hybridized carbons (Fsp3) is 0.167. The van der Waals surface area contributed by atoms with Gasteiger partial charge in [-0.1, -0.05) is 12.1 Å². The Labute approximate surface area is 87.4 Å². The number of benzene rings is 1. The van der Waals surface area contributed by atoms with Gasteiger partial charge in [0.1, 0.15) is 6.61 Å². The Balaban J connectivity index is 2.26. The molecule has 15 heavy (non-hydrogen) atoms. The van der Waals surface area contributed by atoms with Crippen LogP contribution in [0.15, 0.2) is 41.5 Å². The maximum atomic E-state index is 5.47.